The van der Waals surface area contributed by atoms with E-state index in [4.69, 9.17) is 9.73 Å². The first-order valence-electron chi connectivity index (χ1n) is 12.0. The molecule has 186 valence electrons. The maximum atomic E-state index is 6.11. The fourth-order valence-corrected chi connectivity index (χ4v) is 6.68. The number of hydrogen-bond acceptors (Lipinski definition) is 2. The molecule has 0 spiro atoms. The third kappa shape index (κ3) is 6.50. The average molecular weight is 529 g/mol. The van der Waals surface area contributed by atoms with Gasteiger partial charge in [0.15, 0.2) is 0 Å². The van der Waals surface area contributed by atoms with Gasteiger partial charge in [0.1, 0.15) is 5.90 Å². The number of benzene rings is 3. The van der Waals surface area contributed by atoms with Gasteiger partial charge in [0, 0.05) is 17.1 Å². The molecule has 0 aromatic heterocycles. The molecule has 0 bridgehead atoms. The Morgan fingerprint density at radius 2 is 1.25 bits per heavy atom. The smallest absolute Gasteiger partial charge is 0.130 e. The predicted molar refractivity (Wildman–Crippen MR) is 149 cm³/mol. The summed E-state index contributed by atoms with van der Waals surface area (Å²) in [4.78, 5) is 4.96. The van der Waals surface area contributed by atoms with Gasteiger partial charge in [-0.1, -0.05) is 110 Å². The molecule has 1 aliphatic rings. The van der Waals surface area contributed by atoms with Crippen molar-refractivity contribution in [3.63, 3.8) is 0 Å². The molecule has 1 unspecified atom stereocenters. The molecule has 5 aromatic carbocycles. The Balaban J connectivity index is 0.000000455. The standard InChI is InChI=1S/C27H23NOP.C5H5.Fe/c1-4-11-21(12-5-1)19-22-20-29-27(28-22)25-17-10-18-26(25)30(23-13-6-2-7-14-23)24-15-8-3-9-16-24;1-2-4-5-3-1;/h1-18,22H,19-20H2;1-5H;/q-1;-5;. The largest absolute Gasteiger partial charge is 0.748 e. The fraction of sp³-hybridized carbons (Fsp3) is 0.0938. The van der Waals surface area contributed by atoms with Gasteiger partial charge in [-0.2, -0.15) is 12.1 Å². The minimum atomic E-state index is -0.669. The molecule has 2 nitrogen and oxygen atoms in total. The van der Waals surface area contributed by atoms with Crippen LogP contribution in [0.25, 0.3) is 0 Å². The maximum absolute atomic E-state index is 6.11. The number of aliphatic imine (C=N–C) groups is 1. The number of ether oxygens (including phenoxy) is 1. The van der Waals surface area contributed by atoms with Crippen LogP contribution >= 0.6 is 7.92 Å². The first-order chi connectivity index (χ1) is 17.4. The second-order valence-electron chi connectivity index (χ2n) is 8.38. The summed E-state index contributed by atoms with van der Waals surface area (Å²) in [5, 5.41) is 3.98. The zero-order chi connectivity index (χ0) is 23.7. The van der Waals surface area contributed by atoms with Crippen LogP contribution in [0.5, 0.6) is 0 Å². The monoisotopic (exact) mass is 529 g/mol. The van der Waals surface area contributed by atoms with E-state index in [-0.39, 0.29) is 23.1 Å². The van der Waals surface area contributed by atoms with Crippen molar-refractivity contribution in [1.82, 2.24) is 0 Å². The first-order valence-corrected chi connectivity index (χ1v) is 13.3. The maximum Gasteiger partial charge on any atom is 0.130 e. The Hall–Kier alpha value is -3.22. The molecule has 1 aliphatic heterocycles. The summed E-state index contributed by atoms with van der Waals surface area (Å²) < 4.78 is 6.11. The van der Waals surface area contributed by atoms with Gasteiger partial charge in [-0.3, -0.25) is 4.99 Å². The van der Waals surface area contributed by atoms with E-state index < -0.39 is 7.92 Å². The molecule has 4 heteroatoms. The van der Waals surface area contributed by atoms with Crippen LogP contribution in [0.4, 0.5) is 0 Å². The van der Waals surface area contributed by atoms with E-state index in [2.05, 4.69) is 109 Å². The van der Waals surface area contributed by atoms with Crippen molar-refractivity contribution in [1.29, 1.82) is 0 Å². The van der Waals surface area contributed by atoms with Gasteiger partial charge in [-0.15, -0.1) is 6.07 Å². The molecule has 0 amide bonds. The van der Waals surface area contributed by atoms with Gasteiger partial charge in [0.25, 0.3) is 0 Å². The minimum Gasteiger partial charge on any atom is -0.748 e. The Morgan fingerprint density at radius 1 is 0.722 bits per heavy atom. The molecular formula is C32H28FeNOP-6. The molecule has 0 fully saturated rings. The van der Waals surface area contributed by atoms with Gasteiger partial charge in [-0.25, -0.2) is 0 Å². The van der Waals surface area contributed by atoms with Gasteiger partial charge in [0.2, 0.25) is 0 Å². The summed E-state index contributed by atoms with van der Waals surface area (Å²) in [6.45, 7) is 0.642. The zero-order valence-corrected chi connectivity index (χ0v) is 21.9. The van der Waals surface area contributed by atoms with Crippen LogP contribution in [0.15, 0.2) is 145 Å². The van der Waals surface area contributed by atoms with E-state index >= 15 is 0 Å². The molecule has 0 saturated heterocycles. The molecule has 0 saturated carbocycles. The predicted octanol–water partition coefficient (Wildman–Crippen LogP) is 5.95. The topological polar surface area (TPSA) is 21.6 Å². The van der Waals surface area contributed by atoms with Crippen molar-refractivity contribution in [2.75, 3.05) is 6.61 Å². The van der Waals surface area contributed by atoms with Gasteiger partial charge >= 0.3 is 0 Å². The molecule has 6 rings (SSSR count). The fourth-order valence-electron chi connectivity index (χ4n) is 4.24. The van der Waals surface area contributed by atoms with Crippen LogP contribution in [0.1, 0.15) is 11.1 Å². The summed E-state index contributed by atoms with van der Waals surface area (Å²) >= 11 is 0. The van der Waals surface area contributed by atoms with Crippen LogP contribution in [-0.2, 0) is 28.2 Å². The van der Waals surface area contributed by atoms with Crippen LogP contribution in [0.3, 0.4) is 0 Å². The molecule has 1 heterocycles. The van der Waals surface area contributed by atoms with E-state index in [1.807, 2.05) is 30.3 Å². The van der Waals surface area contributed by atoms with Crippen molar-refractivity contribution in [3.05, 3.63) is 151 Å². The van der Waals surface area contributed by atoms with E-state index in [0.717, 1.165) is 17.9 Å². The quantitative estimate of drug-likeness (QED) is 0.151. The van der Waals surface area contributed by atoms with Crippen molar-refractivity contribution in [3.8, 4) is 0 Å². The zero-order valence-electron chi connectivity index (χ0n) is 19.9. The Bertz CT molecular complexity index is 1260. The third-order valence-corrected chi connectivity index (χ3v) is 8.38. The molecule has 0 radical (unpaired) electrons. The second kappa shape index (κ2) is 13.2. The van der Waals surface area contributed by atoms with E-state index in [1.165, 1.54) is 21.5 Å². The second-order valence-corrected chi connectivity index (χ2v) is 10.6. The van der Waals surface area contributed by atoms with E-state index in [9.17, 15) is 0 Å². The minimum absolute atomic E-state index is 0. The Labute approximate surface area is 225 Å². The van der Waals surface area contributed by atoms with Crippen LogP contribution in [-0.4, -0.2) is 18.5 Å². The summed E-state index contributed by atoms with van der Waals surface area (Å²) in [5.74, 6) is 0.787. The molecular weight excluding hydrogens is 501 g/mol. The summed E-state index contributed by atoms with van der Waals surface area (Å²) in [6, 6.07) is 48.8. The van der Waals surface area contributed by atoms with E-state index in [0.29, 0.717) is 6.61 Å². The van der Waals surface area contributed by atoms with E-state index in [1.54, 1.807) is 0 Å². The van der Waals surface area contributed by atoms with Gasteiger partial charge in [-0.05, 0) is 22.6 Å². The van der Waals surface area contributed by atoms with Gasteiger partial charge in [0.05, 0.1) is 12.6 Å². The summed E-state index contributed by atoms with van der Waals surface area (Å²) in [7, 11) is -0.669. The number of rotatable bonds is 6. The van der Waals surface area contributed by atoms with Crippen molar-refractivity contribution in [2.24, 2.45) is 4.99 Å². The van der Waals surface area contributed by atoms with Crippen LogP contribution < -0.4 is 15.9 Å². The van der Waals surface area contributed by atoms with Gasteiger partial charge < -0.3 is 35.1 Å². The van der Waals surface area contributed by atoms with Crippen molar-refractivity contribution in [2.45, 2.75) is 12.5 Å². The van der Waals surface area contributed by atoms with Crippen LogP contribution in [0, 0.1) is 0 Å². The molecule has 0 aliphatic carbocycles. The Kier molecular flexibility index (Phi) is 9.47. The normalized spacial score (nSPS) is 14.2. The molecule has 36 heavy (non-hydrogen) atoms. The SMILES string of the molecule is [Fe].[cH-]1[cH-][cH-][cH-][cH-]1.c1ccc(CC2COC(c3ccc[c-]3P(c3ccccc3)c3ccccc3)=N2)cc1. The number of nitrogens with zero attached hydrogens (tertiary/aromatic N) is 1. The molecule has 5 aromatic rings. The number of hydrogen-bond donors (Lipinski definition) is 0. The molecule has 1 atom stereocenters. The molecule has 0 N–H and O–H groups in total. The van der Waals surface area contributed by atoms with Crippen LogP contribution in [0.2, 0.25) is 0 Å². The van der Waals surface area contributed by atoms with Crippen molar-refractivity contribution < 1.29 is 21.8 Å². The summed E-state index contributed by atoms with van der Waals surface area (Å²) in [6.07, 6.45) is 0.909. The van der Waals surface area contributed by atoms with Crippen molar-refractivity contribution >= 4 is 29.7 Å². The summed E-state index contributed by atoms with van der Waals surface area (Å²) in [5.41, 5.74) is 2.43. The first kappa shape index (κ1) is 25.9. The average Bonchev–Trinajstić information content (AvgIpc) is 3.71. The third-order valence-electron chi connectivity index (χ3n) is 5.88. The Morgan fingerprint density at radius 3 is 1.81 bits per heavy atom.